The predicted molar refractivity (Wildman–Crippen MR) is 116 cm³/mol. The normalized spacial score (nSPS) is 18.2. The molecule has 1 aliphatic heterocycles. The molecule has 0 fully saturated rings. The van der Waals surface area contributed by atoms with E-state index in [1.807, 2.05) is 0 Å². The molecule has 26 heavy (non-hydrogen) atoms. The monoisotopic (exact) mass is 356 g/mol. The van der Waals surface area contributed by atoms with Gasteiger partial charge in [-0.1, -0.05) is 48.6 Å². The fraction of sp³-hybridized carbons (Fsp3) is 0.280. The van der Waals surface area contributed by atoms with Gasteiger partial charge in [-0.2, -0.15) is 0 Å². The van der Waals surface area contributed by atoms with Crippen molar-refractivity contribution in [1.29, 1.82) is 0 Å². The van der Waals surface area contributed by atoms with Gasteiger partial charge in [0, 0.05) is 0 Å². The average molecular weight is 356 g/mol. The number of hydrogen-bond donors (Lipinski definition) is 0. The number of fused-ring (bicyclic) bond motifs is 7. The van der Waals surface area contributed by atoms with E-state index in [-0.39, 0.29) is 7.92 Å². The van der Waals surface area contributed by atoms with Crippen molar-refractivity contribution in [2.45, 2.75) is 39.0 Å². The summed E-state index contributed by atoms with van der Waals surface area (Å²) in [5, 5.41) is 2.82. The van der Waals surface area contributed by atoms with Crippen molar-refractivity contribution >= 4 is 24.8 Å². The highest BCUT2D eigenvalue weighted by atomic mass is 31.1. The molecule has 3 aromatic carbocycles. The molecule has 0 saturated heterocycles. The highest BCUT2D eigenvalue weighted by Crippen LogP contribution is 2.53. The summed E-state index contributed by atoms with van der Waals surface area (Å²) in [5.41, 5.74) is 12.3. The molecule has 0 bridgehead atoms. The number of rotatable bonds is 0. The Morgan fingerprint density at radius 3 is 2.46 bits per heavy atom. The van der Waals surface area contributed by atoms with Crippen LogP contribution in [0, 0.1) is 13.8 Å². The molecule has 0 N–H and O–H groups in total. The van der Waals surface area contributed by atoms with Gasteiger partial charge in [0.05, 0.1) is 0 Å². The van der Waals surface area contributed by atoms with Gasteiger partial charge in [-0.25, -0.2) is 0 Å². The summed E-state index contributed by atoms with van der Waals surface area (Å²) in [6.45, 7) is 7.14. The van der Waals surface area contributed by atoms with Gasteiger partial charge < -0.3 is 0 Å². The van der Waals surface area contributed by atoms with Crippen LogP contribution < -0.4 is 0 Å². The van der Waals surface area contributed by atoms with E-state index in [0.717, 1.165) is 0 Å². The van der Waals surface area contributed by atoms with E-state index in [2.05, 4.69) is 69.1 Å². The van der Waals surface area contributed by atoms with Crippen LogP contribution in [0.25, 0.3) is 28.0 Å². The average Bonchev–Trinajstić information content (AvgIpc) is 2.79. The lowest BCUT2D eigenvalue weighted by molar-refractivity contribution is 0.980. The SMILES string of the molecule is Cc1cc2c(c3c1CP(C)Cc1c(C)cc4ccccc4c1-3)C=CCC2. The van der Waals surface area contributed by atoms with Gasteiger partial charge in [0.2, 0.25) is 0 Å². The van der Waals surface area contributed by atoms with Crippen LogP contribution in [-0.4, -0.2) is 6.66 Å². The first kappa shape index (κ1) is 16.3. The second kappa shape index (κ2) is 6.07. The van der Waals surface area contributed by atoms with Crippen LogP contribution in [0.1, 0.15) is 39.8 Å². The zero-order valence-electron chi connectivity index (χ0n) is 15.9. The van der Waals surface area contributed by atoms with Crippen molar-refractivity contribution in [3.63, 3.8) is 0 Å². The molecule has 3 aromatic rings. The molecule has 1 heteroatoms. The third-order valence-electron chi connectivity index (χ3n) is 6.13. The van der Waals surface area contributed by atoms with Crippen molar-refractivity contribution in [3.05, 3.63) is 75.9 Å². The van der Waals surface area contributed by atoms with E-state index in [1.54, 1.807) is 22.3 Å². The first-order chi connectivity index (χ1) is 12.6. The molecule has 0 amide bonds. The van der Waals surface area contributed by atoms with E-state index in [9.17, 15) is 0 Å². The predicted octanol–water partition coefficient (Wildman–Crippen LogP) is 7.21. The van der Waals surface area contributed by atoms with Crippen LogP contribution >= 0.6 is 7.92 Å². The Labute approximate surface area is 157 Å². The van der Waals surface area contributed by atoms with Crippen molar-refractivity contribution < 1.29 is 0 Å². The third-order valence-corrected chi connectivity index (χ3v) is 7.85. The minimum atomic E-state index is -0.0166. The fourth-order valence-corrected chi connectivity index (χ4v) is 6.90. The summed E-state index contributed by atoms with van der Waals surface area (Å²) in [5.74, 6) is 0. The summed E-state index contributed by atoms with van der Waals surface area (Å²) in [7, 11) is -0.0166. The molecule has 1 unspecified atom stereocenters. The lowest BCUT2D eigenvalue weighted by Crippen LogP contribution is -2.04. The van der Waals surface area contributed by atoms with Crippen molar-refractivity contribution in [2.75, 3.05) is 6.66 Å². The molecule has 130 valence electrons. The van der Waals surface area contributed by atoms with E-state index >= 15 is 0 Å². The van der Waals surface area contributed by atoms with E-state index in [0.29, 0.717) is 0 Å². The number of hydrogen-bond acceptors (Lipinski definition) is 0. The van der Waals surface area contributed by atoms with Crippen molar-refractivity contribution in [1.82, 2.24) is 0 Å². The topological polar surface area (TPSA) is 0 Å². The number of benzene rings is 3. The summed E-state index contributed by atoms with van der Waals surface area (Å²) in [6, 6.07) is 13.9. The Morgan fingerprint density at radius 2 is 1.62 bits per heavy atom. The first-order valence-electron chi connectivity index (χ1n) is 9.65. The molecule has 2 aliphatic rings. The zero-order chi connectivity index (χ0) is 17.8. The van der Waals surface area contributed by atoms with Gasteiger partial charge >= 0.3 is 0 Å². The van der Waals surface area contributed by atoms with E-state index in [4.69, 9.17) is 0 Å². The van der Waals surface area contributed by atoms with Gasteiger partial charge in [-0.3, -0.25) is 0 Å². The Balaban J connectivity index is 2.00. The van der Waals surface area contributed by atoms with Gasteiger partial charge in [0.25, 0.3) is 0 Å². The molecule has 0 radical (unpaired) electrons. The standard InChI is InChI=1S/C25H25P/c1-16-12-18-8-4-6-10-20(18)24-22(16)14-26(3)15-23-17(2)13-19-9-5-7-11-21(19)25(23)24/h4,6-8,10-13H,5,9,14-15H2,1-3H3. The second-order valence-corrected chi connectivity index (χ2v) is 10.3. The quantitative estimate of drug-likeness (QED) is 0.373. The molecular weight excluding hydrogens is 331 g/mol. The molecule has 5 rings (SSSR count). The molecule has 0 saturated carbocycles. The highest BCUT2D eigenvalue weighted by Gasteiger charge is 2.26. The first-order valence-corrected chi connectivity index (χ1v) is 11.8. The van der Waals surface area contributed by atoms with Crippen LogP contribution in [0.2, 0.25) is 0 Å². The van der Waals surface area contributed by atoms with Gasteiger partial charge in [-0.05, 0) is 101 Å². The van der Waals surface area contributed by atoms with Crippen LogP contribution in [0.3, 0.4) is 0 Å². The summed E-state index contributed by atoms with van der Waals surface area (Å²) < 4.78 is 0. The lowest BCUT2D eigenvalue weighted by atomic mass is 9.81. The third kappa shape index (κ3) is 2.39. The maximum absolute atomic E-state index is 2.48. The van der Waals surface area contributed by atoms with Crippen molar-refractivity contribution in [2.24, 2.45) is 0 Å². The zero-order valence-corrected chi connectivity index (χ0v) is 16.8. The Kier molecular flexibility index (Phi) is 3.80. The summed E-state index contributed by atoms with van der Waals surface area (Å²) in [4.78, 5) is 0. The highest BCUT2D eigenvalue weighted by molar-refractivity contribution is 7.55. The Bertz CT molecular complexity index is 1070. The minimum absolute atomic E-state index is 0.0166. The minimum Gasteiger partial charge on any atom is -0.101 e. The number of allylic oxidation sites excluding steroid dienone is 1. The van der Waals surface area contributed by atoms with Crippen molar-refractivity contribution in [3.8, 4) is 11.1 Å². The van der Waals surface area contributed by atoms with Crippen LogP contribution in [0.4, 0.5) is 0 Å². The van der Waals surface area contributed by atoms with Gasteiger partial charge in [0.1, 0.15) is 0 Å². The number of aryl methyl sites for hydroxylation is 3. The lowest BCUT2D eigenvalue weighted by Gasteiger charge is -2.23. The summed E-state index contributed by atoms with van der Waals surface area (Å²) >= 11 is 0. The van der Waals surface area contributed by atoms with E-state index < -0.39 is 0 Å². The van der Waals surface area contributed by atoms with Crippen LogP contribution in [-0.2, 0) is 18.7 Å². The molecule has 0 aromatic heterocycles. The molecule has 0 nitrogen and oxygen atoms in total. The maximum Gasteiger partial charge on any atom is -0.00580 e. The van der Waals surface area contributed by atoms with Crippen LogP contribution in [0.5, 0.6) is 0 Å². The molecule has 1 heterocycles. The van der Waals surface area contributed by atoms with Gasteiger partial charge in [-0.15, -0.1) is 7.92 Å². The molecular formula is C25H25P. The second-order valence-electron chi connectivity index (χ2n) is 8.00. The molecule has 0 spiro atoms. The Hall–Kier alpha value is -1.91. The molecule has 1 aliphatic carbocycles. The molecule has 1 atom stereocenters. The Morgan fingerprint density at radius 1 is 0.885 bits per heavy atom. The van der Waals surface area contributed by atoms with Crippen LogP contribution in [0.15, 0.2) is 42.5 Å². The largest absolute Gasteiger partial charge is 0.101 e. The van der Waals surface area contributed by atoms with Gasteiger partial charge in [0.15, 0.2) is 0 Å². The fourth-order valence-electron chi connectivity index (χ4n) is 4.89. The summed E-state index contributed by atoms with van der Waals surface area (Å²) in [6.07, 6.45) is 9.62. The smallest absolute Gasteiger partial charge is 0.00580 e. The maximum atomic E-state index is 2.48. The van der Waals surface area contributed by atoms with E-state index in [1.165, 1.54) is 58.2 Å².